The lowest BCUT2D eigenvalue weighted by Gasteiger charge is -2.35. The van der Waals surface area contributed by atoms with Crippen LogP contribution in [0.25, 0.3) is 0 Å². The van der Waals surface area contributed by atoms with Gasteiger partial charge in [0.2, 0.25) is 0 Å². The lowest BCUT2D eigenvalue weighted by Crippen LogP contribution is -2.56. The minimum absolute atomic E-state index is 0.0201. The molecule has 1 aliphatic heterocycles. The zero-order valence-corrected chi connectivity index (χ0v) is 12.7. The molecule has 20 heavy (non-hydrogen) atoms. The number of methoxy groups -OCH3 is 1. The van der Waals surface area contributed by atoms with Gasteiger partial charge in [0, 0.05) is 6.04 Å². The normalized spacial score (nSPS) is 34.5. The van der Waals surface area contributed by atoms with Crippen LogP contribution in [-0.2, 0) is 9.53 Å². The number of hydrogen-bond donors (Lipinski definition) is 1. The predicted molar refractivity (Wildman–Crippen MR) is 78.5 cm³/mol. The molecule has 1 saturated heterocycles. The van der Waals surface area contributed by atoms with Gasteiger partial charge in [-0.2, -0.15) is 0 Å². The monoisotopic (exact) mass is 280 g/mol. The number of rotatable bonds is 6. The van der Waals surface area contributed by atoms with E-state index in [1.54, 1.807) is 0 Å². The van der Waals surface area contributed by atoms with Gasteiger partial charge in [0.1, 0.15) is 5.54 Å². The van der Waals surface area contributed by atoms with Crippen molar-refractivity contribution >= 4 is 5.97 Å². The summed E-state index contributed by atoms with van der Waals surface area (Å²) in [7, 11) is 1.54. The Kier molecular flexibility index (Phi) is 4.32. The molecule has 2 aliphatic carbocycles. The van der Waals surface area contributed by atoms with Gasteiger partial charge in [0.15, 0.2) is 0 Å². The van der Waals surface area contributed by atoms with Crippen molar-refractivity contribution in [2.24, 2.45) is 5.92 Å². The summed E-state index contributed by atoms with van der Waals surface area (Å²) in [5.74, 6) is 0.435. The lowest BCUT2D eigenvalue weighted by atomic mass is 9.84. The van der Waals surface area contributed by atoms with Gasteiger partial charge >= 0.3 is 5.97 Å². The number of carbonyl (C=O) groups is 1. The number of ether oxygens (including phenoxy) is 1. The summed E-state index contributed by atoms with van der Waals surface area (Å²) >= 11 is 0. The molecule has 4 heteroatoms. The molecular formula is C16H28N2O2. The van der Waals surface area contributed by atoms with E-state index in [-0.39, 0.29) is 11.5 Å². The van der Waals surface area contributed by atoms with Crippen molar-refractivity contribution in [3.8, 4) is 0 Å². The average molecular weight is 280 g/mol. The van der Waals surface area contributed by atoms with Crippen LogP contribution < -0.4 is 5.32 Å². The minimum Gasteiger partial charge on any atom is -0.468 e. The Labute approximate surface area is 122 Å². The maximum absolute atomic E-state index is 12.4. The second kappa shape index (κ2) is 6.02. The van der Waals surface area contributed by atoms with Crippen molar-refractivity contribution in [3.05, 3.63) is 0 Å². The quantitative estimate of drug-likeness (QED) is 0.755. The van der Waals surface area contributed by atoms with Crippen molar-refractivity contribution in [2.45, 2.75) is 62.9 Å². The zero-order valence-electron chi connectivity index (χ0n) is 12.7. The maximum atomic E-state index is 12.4. The van der Waals surface area contributed by atoms with Crippen LogP contribution in [0.2, 0.25) is 0 Å². The molecule has 0 bridgehead atoms. The van der Waals surface area contributed by atoms with Gasteiger partial charge in [-0.1, -0.05) is 6.42 Å². The van der Waals surface area contributed by atoms with Crippen LogP contribution in [0.1, 0.15) is 51.4 Å². The van der Waals surface area contributed by atoms with E-state index in [2.05, 4.69) is 10.2 Å². The minimum atomic E-state index is -0.379. The van der Waals surface area contributed by atoms with E-state index >= 15 is 0 Å². The van der Waals surface area contributed by atoms with Crippen LogP contribution >= 0.6 is 0 Å². The summed E-state index contributed by atoms with van der Waals surface area (Å²) in [5.41, 5.74) is -0.379. The molecule has 2 unspecified atom stereocenters. The summed E-state index contributed by atoms with van der Waals surface area (Å²) in [6, 6.07) is 0.557. The van der Waals surface area contributed by atoms with Crippen molar-refractivity contribution in [3.63, 3.8) is 0 Å². The Hall–Kier alpha value is -0.610. The average Bonchev–Trinajstić information content (AvgIpc) is 2.96. The first-order valence-electron chi connectivity index (χ1n) is 8.33. The van der Waals surface area contributed by atoms with E-state index in [1.807, 2.05) is 0 Å². The van der Waals surface area contributed by atoms with Crippen LogP contribution in [0.4, 0.5) is 0 Å². The van der Waals surface area contributed by atoms with Gasteiger partial charge < -0.3 is 9.64 Å². The Balaban J connectivity index is 1.64. The van der Waals surface area contributed by atoms with Crippen molar-refractivity contribution in [1.29, 1.82) is 0 Å². The first-order valence-corrected chi connectivity index (χ1v) is 8.33. The van der Waals surface area contributed by atoms with Gasteiger partial charge in [-0.25, -0.2) is 0 Å². The smallest absolute Gasteiger partial charge is 0.326 e. The first-order chi connectivity index (χ1) is 9.74. The number of likely N-dealkylation sites (tertiary alicyclic amines) is 1. The molecule has 4 nitrogen and oxygen atoms in total. The highest BCUT2D eigenvalue weighted by Crippen LogP contribution is 2.41. The summed E-state index contributed by atoms with van der Waals surface area (Å²) in [6.45, 7) is 3.64. The van der Waals surface area contributed by atoms with Gasteiger partial charge in [0.05, 0.1) is 7.11 Å². The molecule has 0 radical (unpaired) electrons. The van der Waals surface area contributed by atoms with Crippen molar-refractivity contribution in [1.82, 2.24) is 10.2 Å². The molecule has 114 valence electrons. The van der Waals surface area contributed by atoms with Crippen LogP contribution in [0, 0.1) is 5.92 Å². The van der Waals surface area contributed by atoms with E-state index in [1.165, 1.54) is 52.3 Å². The number of carbonyl (C=O) groups excluding carboxylic acids is 1. The van der Waals surface area contributed by atoms with E-state index in [0.717, 1.165) is 25.8 Å². The summed E-state index contributed by atoms with van der Waals surface area (Å²) in [6.07, 6.45) is 9.53. The molecule has 2 atom stereocenters. The largest absolute Gasteiger partial charge is 0.468 e. The molecule has 0 aromatic rings. The second-order valence-electron chi connectivity index (χ2n) is 6.81. The fourth-order valence-electron chi connectivity index (χ4n) is 4.10. The van der Waals surface area contributed by atoms with E-state index in [4.69, 9.17) is 4.74 Å². The summed E-state index contributed by atoms with van der Waals surface area (Å²) < 4.78 is 5.15. The van der Waals surface area contributed by atoms with Crippen LogP contribution in [0.3, 0.4) is 0 Å². The third-order valence-corrected chi connectivity index (χ3v) is 5.40. The molecule has 1 N–H and O–H groups in total. The number of esters is 1. The van der Waals surface area contributed by atoms with Gasteiger partial charge in [-0.05, 0) is 70.5 Å². The molecule has 3 fully saturated rings. The Morgan fingerprint density at radius 3 is 2.65 bits per heavy atom. The lowest BCUT2D eigenvalue weighted by molar-refractivity contribution is -0.150. The fourth-order valence-corrected chi connectivity index (χ4v) is 4.10. The molecule has 2 saturated carbocycles. The molecule has 1 heterocycles. The molecule has 0 amide bonds. The summed E-state index contributed by atoms with van der Waals surface area (Å²) in [5, 5.41) is 3.65. The highest BCUT2D eigenvalue weighted by molar-refractivity contribution is 5.81. The number of nitrogens with zero attached hydrogens (tertiary/aromatic N) is 1. The SMILES string of the molecule is COC(=O)C1(NC2CC2)CCCC1CCN1CCCC1. The van der Waals surface area contributed by atoms with E-state index < -0.39 is 0 Å². The standard InChI is InChI=1S/C16H28N2O2/c1-20-15(19)16(17-14-6-7-14)9-4-5-13(16)8-12-18-10-2-3-11-18/h13-14,17H,2-12H2,1H3. The maximum Gasteiger partial charge on any atom is 0.326 e. The van der Waals surface area contributed by atoms with Gasteiger partial charge in [-0.15, -0.1) is 0 Å². The number of hydrogen-bond acceptors (Lipinski definition) is 4. The Bertz CT molecular complexity index is 350. The van der Waals surface area contributed by atoms with Crippen molar-refractivity contribution in [2.75, 3.05) is 26.7 Å². The highest BCUT2D eigenvalue weighted by Gasteiger charge is 2.51. The van der Waals surface area contributed by atoms with Gasteiger partial charge in [0.25, 0.3) is 0 Å². The molecule has 3 rings (SSSR count). The Morgan fingerprint density at radius 1 is 1.25 bits per heavy atom. The summed E-state index contributed by atoms with van der Waals surface area (Å²) in [4.78, 5) is 15.0. The van der Waals surface area contributed by atoms with Crippen molar-refractivity contribution < 1.29 is 9.53 Å². The van der Waals surface area contributed by atoms with Gasteiger partial charge in [-0.3, -0.25) is 10.1 Å². The topological polar surface area (TPSA) is 41.6 Å². The molecule has 0 aromatic carbocycles. The molecular weight excluding hydrogens is 252 g/mol. The van der Waals surface area contributed by atoms with Crippen LogP contribution in [0.5, 0.6) is 0 Å². The fraction of sp³-hybridized carbons (Fsp3) is 0.938. The van der Waals surface area contributed by atoms with E-state index in [0.29, 0.717) is 12.0 Å². The third-order valence-electron chi connectivity index (χ3n) is 5.40. The first kappa shape index (κ1) is 14.3. The molecule has 0 spiro atoms. The second-order valence-corrected chi connectivity index (χ2v) is 6.81. The van der Waals surface area contributed by atoms with E-state index in [9.17, 15) is 4.79 Å². The molecule has 0 aromatic heterocycles. The zero-order chi connectivity index (χ0) is 14.0. The molecule has 3 aliphatic rings. The highest BCUT2D eigenvalue weighted by atomic mass is 16.5. The Morgan fingerprint density at radius 2 is 2.00 bits per heavy atom. The predicted octanol–water partition coefficient (Wildman–Crippen LogP) is 1.94. The third kappa shape index (κ3) is 2.86. The number of nitrogens with one attached hydrogen (secondary N) is 1. The van der Waals surface area contributed by atoms with Crippen LogP contribution in [0.15, 0.2) is 0 Å². The van der Waals surface area contributed by atoms with Crippen LogP contribution in [-0.4, -0.2) is 49.2 Å².